The summed E-state index contributed by atoms with van der Waals surface area (Å²) in [5.41, 5.74) is 1.58. The van der Waals surface area contributed by atoms with E-state index in [-0.39, 0.29) is 0 Å². The summed E-state index contributed by atoms with van der Waals surface area (Å²) in [6.07, 6.45) is 3.73. The molecule has 4 heteroatoms. The van der Waals surface area contributed by atoms with Crippen LogP contribution in [0, 0.1) is 24.2 Å². The summed E-state index contributed by atoms with van der Waals surface area (Å²) >= 11 is 0. The molecule has 4 nitrogen and oxygen atoms in total. The van der Waals surface area contributed by atoms with E-state index in [1.165, 1.54) is 25.9 Å². The third-order valence-electron chi connectivity index (χ3n) is 3.84. The summed E-state index contributed by atoms with van der Waals surface area (Å²) in [6, 6.07) is 5.89. The van der Waals surface area contributed by atoms with Crippen LogP contribution in [0.4, 0.5) is 5.82 Å². The van der Waals surface area contributed by atoms with Crippen LogP contribution in [0.5, 0.6) is 0 Å². The first-order chi connectivity index (χ1) is 9.19. The molecular formula is C15H22N4. The van der Waals surface area contributed by atoms with E-state index in [1.807, 2.05) is 19.1 Å². The van der Waals surface area contributed by atoms with E-state index in [9.17, 15) is 0 Å². The van der Waals surface area contributed by atoms with Gasteiger partial charge in [-0.1, -0.05) is 0 Å². The van der Waals surface area contributed by atoms with Gasteiger partial charge < -0.3 is 10.2 Å². The maximum Gasteiger partial charge on any atom is 0.144 e. The van der Waals surface area contributed by atoms with E-state index in [4.69, 9.17) is 5.26 Å². The molecule has 0 amide bonds. The molecule has 1 saturated heterocycles. The molecule has 1 fully saturated rings. The van der Waals surface area contributed by atoms with Crippen LogP contribution in [0.2, 0.25) is 0 Å². The number of aromatic nitrogens is 1. The lowest BCUT2D eigenvalue weighted by atomic mass is 9.94. The largest absolute Gasteiger partial charge is 0.369 e. The van der Waals surface area contributed by atoms with Crippen molar-refractivity contribution in [3.8, 4) is 6.07 Å². The predicted octanol–water partition coefficient (Wildman–Crippen LogP) is 2.41. The average Bonchev–Trinajstić information content (AvgIpc) is 2.41. The van der Waals surface area contributed by atoms with Crippen molar-refractivity contribution in [2.45, 2.75) is 26.2 Å². The van der Waals surface area contributed by atoms with Crippen LogP contribution < -0.4 is 5.32 Å². The molecule has 0 radical (unpaired) electrons. The Morgan fingerprint density at radius 3 is 2.84 bits per heavy atom. The number of aryl methyl sites for hydroxylation is 1. The van der Waals surface area contributed by atoms with Crippen molar-refractivity contribution in [3.63, 3.8) is 0 Å². The van der Waals surface area contributed by atoms with Gasteiger partial charge in [-0.05, 0) is 64.4 Å². The minimum atomic E-state index is 0.633. The molecule has 1 aromatic heterocycles. The molecule has 2 rings (SSSR count). The number of hydrogen-bond acceptors (Lipinski definition) is 4. The van der Waals surface area contributed by atoms with Gasteiger partial charge in [-0.3, -0.25) is 0 Å². The molecule has 0 unspecified atom stereocenters. The number of hydrogen-bond donors (Lipinski definition) is 1. The van der Waals surface area contributed by atoms with Gasteiger partial charge in [-0.15, -0.1) is 0 Å². The van der Waals surface area contributed by atoms with Crippen LogP contribution in [0.15, 0.2) is 12.1 Å². The first-order valence-electron chi connectivity index (χ1n) is 6.99. The molecule has 1 aliphatic heterocycles. The molecule has 0 bridgehead atoms. The second-order valence-corrected chi connectivity index (χ2v) is 5.42. The van der Waals surface area contributed by atoms with Crippen molar-refractivity contribution in [2.24, 2.45) is 5.92 Å². The highest BCUT2D eigenvalue weighted by molar-refractivity contribution is 5.52. The molecule has 0 aromatic carbocycles. The van der Waals surface area contributed by atoms with Crippen molar-refractivity contribution in [1.82, 2.24) is 9.88 Å². The number of piperidine rings is 1. The van der Waals surface area contributed by atoms with Crippen LogP contribution >= 0.6 is 0 Å². The zero-order chi connectivity index (χ0) is 13.7. The monoisotopic (exact) mass is 258 g/mol. The maximum atomic E-state index is 9.05. The van der Waals surface area contributed by atoms with E-state index in [1.54, 1.807) is 0 Å². The summed E-state index contributed by atoms with van der Waals surface area (Å²) in [4.78, 5) is 6.79. The van der Waals surface area contributed by atoms with Crippen molar-refractivity contribution >= 4 is 5.82 Å². The lowest BCUT2D eigenvalue weighted by Gasteiger charge is -2.28. The van der Waals surface area contributed by atoms with Crippen molar-refractivity contribution in [1.29, 1.82) is 5.26 Å². The summed E-state index contributed by atoms with van der Waals surface area (Å²) < 4.78 is 0. The maximum absolute atomic E-state index is 9.05. The van der Waals surface area contributed by atoms with Crippen molar-refractivity contribution < 1.29 is 0 Å². The predicted molar refractivity (Wildman–Crippen MR) is 77.0 cm³/mol. The van der Waals surface area contributed by atoms with E-state index in [0.29, 0.717) is 5.56 Å². The van der Waals surface area contributed by atoms with Crippen LogP contribution in [0.1, 0.15) is 30.5 Å². The van der Waals surface area contributed by atoms with Crippen molar-refractivity contribution in [2.75, 3.05) is 32.0 Å². The highest BCUT2D eigenvalue weighted by Crippen LogP contribution is 2.20. The molecular weight excluding hydrogens is 236 g/mol. The fourth-order valence-electron chi connectivity index (χ4n) is 2.53. The van der Waals surface area contributed by atoms with Crippen LogP contribution in [0.3, 0.4) is 0 Å². The molecule has 0 saturated carbocycles. The van der Waals surface area contributed by atoms with Gasteiger partial charge in [-0.25, -0.2) is 4.98 Å². The summed E-state index contributed by atoms with van der Waals surface area (Å²) in [5, 5.41) is 12.4. The Morgan fingerprint density at radius 2 is 2.16 bits per heavy atom. The molecule has 1 aromatic rings. The van der Waals surface area contributed by atoms with Gasteiger partial charge in [0.05, 0.1) is 5.56 Å². The third kappa shape index (κ3) is 3.93. The summed E-state index contributed by atoms with van der Waals surface area (Å²) in [7, 11) is 2.18. The first kappa shape index (κ1) is 13.8. The quantitative estimate of drug-likeness (QED) is 0.901. The van der Waals surface area contributed by atoms with E-state index in [0.717, 1.165) is 30.4 Å². The highest BCUT2D eigenvalue weighted by Gasteiger charge is 2.16. The Bertz CT molecular complexity index is 456. The van der Waals surface area contributed by atoms with Gasteiger partial charge in [-0.2, -0.15) is 5.26 Å². The SMILES string of the molecule is Cc1ccc(C#N)c(NCCC2CCN(C)CC2)n1. The van der Waals surface area contributed by atoms with E-state index in [2.05, 4.69) is 28.3 Å². The van der Waals surface area contributed by atoms with E-state index >= 15 is 0 Å². The summed E-state index contributed by atoms with van der Waals surface area (Å²) in [6.45, 7) is 5.26. The smallest absolute Gasteiger partial charge is 0.144 e. The number of anilines is 1. The molecule has 0 aliphatic carbocycles. The van der Waals surface area contributed by atoms with Crippen LogP contribution in [0.25, 0.3) is 0 Å². The fraction of sp³-hybridized carbons (Fsp3) is 0.600. The Morgan fingerprint density at radius 1 is 1.42 bits per heavy atom. The lowest BCUT2D eigenvalue weighted by molar-refractivity contribution is 0.215. The third-order valence-corrected chi connectivity index (χ3v) is 3.84. The van der Waals surface area contributed by atoms with Crippen molar-refractivity contribution in [3.05, 3.63) is 23.4 Å². The van der Waals surface area contributed by atoms with Gasteiger partial charge in [0.25, 0.3) is 0 Å². The van der Waals surface area contributed by atoms with Gasteiger partial charge in [0.2, 0.25) is 0 Å². The first-order valence-corrected chi connectivity index (χ1v) is 6.99. The lowest BCUT2D eigenvalue weighted by Crippen LogP contribution is -2.30. The number of pyridine rings is 1. The zero-order valence-electron chi connectivity index (χ0n) is 11.8. The molecule has 2 heterocycles. The standard InChI is InChI=1S/C15H22N4/c1-12-3-4-14(11-16)15(18-12)17-8-5-13-6-9-19(2)10-7-13/h3-4,13H,5-10H2,1-2H3,(H,17,18). The average molecular weight is 258 g/mol. The van der Waals surface area contributed by atoms with Crippen LogP contribution in [-0.2, 0) is 0 Å². The zero-order valence-corrected chi connectivity index (χ0v) is 11.8. The second-order valence-electron chi connectivity index (χ2n) is 5.42. The van der Waals surface area contributed by atoms with Gasteiger partial charge >= 0.3 is 0 Å². The van der Waals surface area contributed by atoms with Gasteiger partial charge in [0.1, 0.15) is 11.9 Å². The second kappa shape index (κ2) is 6.53. The number of nitriles is 1. The molecule has 102 valence electrons. The summed E-state index contributed by atoms with van der Waals surface area (Å²) in [5.74, 6) is 1.54. The highest BCUT2D eigenvalue weighted by atomic mass is 15.1. The number of rotatable bonds is 4. The Labute approximate surface area is 115 Å². The van der Waals surface area contributed by atoms with Gasteiger partial charge in [0.15, 0.2) is 0 Å². The fourth-order valence-corrected chi connectivity index (χ4v) is 2.53. The van der Waals surface area contributed by atoms with Crippen LogP contribution in [-0.4, -0.2) is 36.6 Å². The Kier molecular flexibility index (Phi) is 4.75. The molecule has 19 heavy (non-hydrogen) atoms. The normalized spacial score (nSPS) is 17.1. The topological polar surface area (TPSA) is 52.0 Å². The molecule has 1 N–H and O–H groups in total. The van der Waals surface area contributed by atoms with Gasteiger partial charge in [0, 0.05) is 12.2 Å². The van der Waals surface area contributed by atoms with E-state index < -0.39 is 0 Å². The molecule has 1 aliphatic rings. The Balaban J connectivity index is 1.83. The minimum Gasteiger partial charge on any atom is -0.369 e. The Hall–Kier alpha value is -1.60. The number of likely N-dealkylation sites (tertiary alicyclic amines) is 1. The number of nitrogens with one attached hydrogen (secondary N) is 1. The number of nitrogens with zero attached hydrogens (tertiary/aromatic N) is 3. The molecule has 0 atom stereocenters. The molecule has 0 spiro atoms. The minimum absolute atomic E-state index is 0.633.